The van der Waals surface area contributed by atoms with E-state index in [1.54, 1.807) is 24.3 Å². The first-order valence-electron chi connectivity index (χ1n) is 7.53. The smallest absolute Gasteiger partial charge is 0.270 e. The minimum atomic E-state index is -0.588. The number of rotatable bonds is 4. The van der Waals surface area contributed by atoms with Crippen LogP contribution >= 0.6 is 27.5 Å². The number of anilines is 1. The van der Waals surface area contributed by atoms with Gasteiger partial charge in [0.15, 0.2) is 0 Å². The summed E-state index contributed by atoms with van der Waals surface area (Å²) in [5.74, 6) is -0.502. The average molecular weight is 447 g/mol. The summed E-state index contributed by atoms with van der Waals surface area (Å²) in [6.07, 6.45) is 1.38. The van der Waals surface area contributed by atoms with E-state index in [0.717, 1.165) is 0 Å². The molecule has 0 amide bonds. The number of aromatic amines is 1. The molecule has 27 heavy (non-hydrogen) atoms. The van der Waals surface area contributed by atoms with E-state index in [4.69, 9.17) is 11.6 Å². The molecule has 134 valence electrons. The van der Waals surface area contributed by atoms with Gasteiger partial charge in [-0.05, 0) is 12.1 Å². The first kappa shape index (κ1) is 18.8. The Morgan fingerprint density at radius 2 is 2.07 bits per heavy atom. The minimum Gasteiger partial charge on any atom is -0.290 e. The molecule has 0 bridgehead atoms. The normalized spacial score (nSPS) is 10.7. The molecule has 0 atom stereocenters. The Bertz CT molecular complexity index is 1130. The van der Waals surface area contributed by atoms with Gasteiger partial charge >= 0.3 is 0 Å². The maximum absolute atomic E-state index is 13.4. The number of halogens is 3. The highest BCUT2D eigenvalue weighted by Crippen LogP contribution is 2.23. The fraction of sp³-hybridized carbons (Fsp3) is 0. The van der Waals surface area contributed by atoms with Crippen molar-refractivity contribution in [3.63, 3.8) is 0 Å². The number of hydrogen-bond donors (Lipinski definition) is 2. The molecule has 0 radical (unpaired) electrons. The van der Waals surface area contributed by atoms with E-state index in [9.17, 15) is 14.4 Å². The molecule has 0 aliphatic carbocycles. The van der Waals surface area contributed by atoms with Crippen molar-refractivity contribution < 1.29 is 4.39 Å². The van der Waals surface area contributed by atoms with Crippen molar-refractivity contribution in [2.24, 2.45) is 5.10 Å². The second kappa shape index (κ2) is 8.12. The third-order valence-corrected chi connectivity index (χ3v) is 4.47. The molecule has 9 heteroatoms. The number of aromatic nitrogens is 2. The highest BCUT2D eigenvalue weighted by Gasteiger charge is 2.13. The van der Waals surface area contributed by atoms with Crippen LogP contribution in [-0.4, -0.2) is 16.2 Å². The average Bonchev–Trinajstić information content (AvgIpc) is 2.66. The molecule has 1 heterocycles. The minimum absolute atomic E-state index is 0.0454. The molecule has 2 N–H and O–H groups in total. The van der Waals surface area contributed by atoms with E-state index in [0.29, 0.717) is 15.6 Å². The van der Waals surface area contributed by atoms with Gasteiger partial charge in [0.2, 0.25) is 5.95 Å². The summed E-state index contributed by atoms with van der Waals surface area (Å²) in [7, 11) is 0. The molecule has 0 saturated carbocycles. The van der Waals surface area contributed by atoms with Crippen LogP contribution in [0.1, 0.15) is 11.1 Å². The van der Waals surface area contributed by atoms with Crippen LogP contribution in [0.2, 0.25) is 5.02 Å². The van der Waals surface area contributed by atoms with Gasteiger partial charge in [-0.3, -0.25) is 9.78 Å². The van der Waals surface area contributed by atoms with Gasteiger partial charge in [-0.25, -0.2) is 14.8 Å². The quantitative estimate of drug-likeness (QED) is 0.355. The van der Waals surface area contributed by atoms with Gasteiger partial charge in [-0.2, -0.15) is 10.4 Å². The molecule has 2 aromatic carbocycles. The summed E-state index contributed by atoms with van der Waals surface area (Å²) >= 11 is 8.97. The van der Waals surface area contributed by atoms with Crippen LogP contribution in [-0.2, 0) is 0 Å². The van der Waals surface area contributed by atoms with Crippen molar-refractivity contribution in [1.82, 2.24) is 9.97 Å². The monoisotopic (exact) mass is 445 g/mol. The third kappa shape index (κ3) is 4.22. The number of hydrogen-bond acceptors (Lipinski definition) is 5. The van der Waals surface area contributed by atoms with Crippen molar-refractivity contribution in [2.75, 3.05) is 5.43 Å². The van der Waals surface area contributed by atoms with Crippen LogP contribution in [0.4, 0.5) is 10.3 Å². The molecule has 0 unspecified atom stereocenters. The van der Waals surface area contributed by atoms with Crippen molar-refractivity contribution >= 4 is 39.7 Å². The highest BCUT2D eigenvalue weighted by molar-refractivity contribution is 9.10. The van der Waals surface area contributed by atoms with Crippen LogP contribution in [0.15, 0.2) is 56.8 Å². The molecule has 6 nitrogen and oxygen atoms in total. The topological polar surface area (TPSA) is 93.9 Å². The largest absolute Gasteiger partial charge is 0.290 e. The van der Waals surface area contributed by atoms with Crippen LogP contribution in [0.3, 0.4) is 0 Å². The number of hydrazone groups is 1. The first-order valence-corrected chi connectivity index (χ1v) is 8.70. The van der Waals surface area contributed by atoms with Crippen molar-refractivity contribution in [1.29, 1.82) is 5.26 Å². The van der Waals surface area contributed by atoms with E-state index in [1.807, 2.05) is 12.1 Å². The van der Waals surface area contributed by atoms with Crippen LogP contribution in [0, 0.1) is 17.1 Å². The molecular weight excluding hydrogens is 437 g/mol. The van der Waals surface area contributed by atoms with Crippen LogP contribution in [0.5, 0.6) is 0 Å². The number of benzene rings is 2. The molecular formula is C18H10BrClFN5O. The summed E-state index contributed by atoms with van der Waals surface area (Å²) in [6, 6.07) is 13.3. The molecule has 0 aliphatic heterocycles. The zero-order chi connectivity index (χ0) is 19.4. The Hall–Kier alpha value is -3.02. The second-order valence-corrected chi connectivity index (χ2v) is 6.54. The van der Waals surface area contributed by atoms with Gasteiger partial charge in [0.25, 0.3) is 5.56 Å². The first-order chi connectivity index (χ1) is 13.0. The van der Waals surface area contributed by atoms with Crippen molar-refractivity contribution in [3.05, 3.63) is 79.3 Å². The zero-order valence-electron chi connectivity index (χ0n) is 13.5. The van der Waals surface area contributed by atoms with Gasteiger partial charge in [0.05, 0.1) is 16.9 Å². The molecule has 3 aromatic rings. The fourth-order valence-electron chi connectivity index (χ4n) is 2.23. The maximum atomic E-state index is 13.4. The number of nitriles is 1. The van der Waals surface area contributed by atoms with Crippen LogP contribution in [0.25, 0.3) is 11.3 Å². The van der Waals surface area contributed by atoms with E-state index < -0.39 is 11.4 Å². The summed E-state index contributed by atoms with van der Waals surface area (Å²) in [5.41, 5.74) is 3.30. The van der Waals surface area contributed by atoms with E-state index in [2.05, 4.69) is 36.4 Å². The van der Waals surface area contributed by atoms with Gasteiger partial charge in [0.1, 0.15) is 17.4 Å². The van der Waals surface area contributed by atoms with Crippen molar-refractivity contribution in [3.8, 4) is 17.3 Å². The Labute approximate surface area is 166 Å². The summed E-state index contributed by atoms with van der Waals surface area (Å²) in [5, 5.41) is 13.2. The molecule has 0 spiro atoms. The fourth-order valence-corrected chi connectivity index (χ4v) is 2.82. The zero-order valence-corrected chi connectivity index (χ0v) is 15.8. The van der Waals surface area contributed by atoms with Gasteiger partial charge < -0.3 is 0 Å². The Balaban J connectivity index is 1.93. The Morgan fingerprint density at radius 1 is 1.33 bits per heavy atom. The lowest BCUT2D eigenvalue weighted by Crippen LogP contribution is -2.16. The van der Waals surface area contributed by atoms with Gasteiger partial charge in [-0.1, -0.05) is 57.9 Å². The number of H-pyrrole nitrogens is 1. The maximum Gasteiger partial charge on any atom is 0.270 e. The highest BCUT2D eigenvalue weighted by atomic mass is 79.9. The van der Waals surface area contributed by atoms with Crippen LogP contribution < -0.4 is 11.0 Å². The molecule has 1 aromatic heterocycles. The summed E-state index contributed by atoms with van der Waals surface area (Å²) in [6.45, 7) is 0. The Morgan fingerprint density at radius 3 is 2.78 bits per heavy atom. The van der Waals surface area contributed by atoms with Gasteiger partial charge in [0, 0.05) is 15.6 Å². The SMILES string of the molecule is N#Cc1c(-c2ccccc2)nc(NN=Cc2cc(Cl)c(F)cc2Br)[nH]c1=O. The van der Waals surface area contributed by atoms with E-state index in [-0.39, 0.29) is 22.2 Å². The second-order valence-electron chi connectivity index (χ2n) is 5.27. The summed E-state index contributed by atoms with van der Waals surface area (Å²) < 4.78 is 13.8. The molecule has 0 saturated heterocycles. The lowest BCUT2D eigenvalue weighted by molar-refractivity contribution is 0.627. The van der Waals surface area contributed by atoms with E-state index in [1.165, 1.54) is 18.3 Å². The molecule has 3 rings (SSSR count). The Kier molecular flexibility index (Phi) is 5.64. The lowest BCUT2D eigenvalue weighted by atomic mass is 10.1. The standard InChI is InChI=1S/C18H10BrClFN5O/c19-13-7-15(21)14(20)6-11(13)9-23-26-18-24-16(10-4-2-1-3-5-10)12(8-22)17(27)25-18/h1-7,9H,(H2,24,25,26,27). The summed E-state index contributed by atoms with van der Waals surface area (Å²) in [4.78, 5) is 18.9. The number of nitrogens with zero attached hydrogens (tertiary/aromatic N) is 3. The van der Waals surface area contributed by atoms with E-state index >= 15 is 0 Å². The van der Waals surface area contributed by atoms with Gasteiger partial charge in [-0.15, -0.1) is 0 Å². The third-order valence-electron chi connectivity index (χ3n) is 3.49. The predicted molar refractivity (Wildman–Crippen MR) is 105 cm³/mol. The van der Waals surface area contributed by atoms with Crippen molar-refractivity contribution in [2.45, 2.75) is 0 Å². The predicted octanol–water partition coefficient (Wildman–Crippen LogP) is 4.31. The molecule has 0 aliphatic rings. The molecule has 0 fully saturated rings. The lowest BCUT2D eigenvalue weighted by Gasteiger charge is -2.06. The number of nitrogens with one attached hydrogen (secondary N) is 2.